The predicted octanol–water partition coefficient (Wildman–Crippen LogP) is 2.20. The van der Waals surface area contributed by atoms with Gasteiger partial charge in [0.1, 0.15) is 0 Å². The Hall–Kier alpha value is -0.160. The van der Waals surface area contributed by atoms with Crippen LogP contribution in [0.4, 0.5) is 0 Å². The molecule has 126 valence electrons. The van der Waals surface area contributed by atoms with Crippen molar-refractivity contribution in [2.24, 2.45) is 0 Å². The van der Waals surface area contributed by atoms with E-state index < -0.39 is 0 Å². The van der Waals surface area contributed by atoms with Crippen molar-refractivity contribution >= 4 is 0 Å². The minimum atomic E-state index is -0.0174. The second kappa shape index (κ2) is 8.47. The molecule has 21 heavy (non-hydrogen) atoms. The van der Waals surface area contributed by atoms with Gasteiger partial charge in [-0.25, -0.2) is 0 Å². The molecule has 0 aromatic rings. The standard InChI is InChI=1S/C17H37N3O/c1-16(2,3)18-8-11-19-9-7-10-20(13-12-19)14-15-21-17(4,5)6/h18H,7-15H2,1-6H3. The average molecular weight is 300 g/mol. The fourth-order valence-electron chi connectivity index (χ4n) is 2.54. The van der Waals surface area contributed by atoms with Gasteiger partial charge in [-0.15, -0.1) is 0 Å². The zero-order valence-electron chi connectivity index (χ0n) is 15.2. The number of nitrogens with zero attached hydrogens (tertiary/aromatic N) is 2. The largest absolute Gasteiger partial charge is 0.375 e. The van der Waals surface area contributed by atoms with Gasteiger partial charge >= 0.3 is 0 Å². The first-order chi connectivity index (χ1) is 9.66. The highest BCUT2D eigenvalue weighted by atomic mass is 16.5. The molecule has 1 aliphatic heterocycles. The van der Waals surface area contributed by atoms with E-state index in [9.17, 15) is 0 Å². The summed E-state index contributed by atoms with van der Waals surface area (Å²) in [5, 5.41) is 3.58. The molecule has 0 unspecified atom stereocenters. The van der Waals surface area contributed by atoms with Gasteiger partial charge in [0.15, 0.2) is 0 Å². The maximum absolute atomic E-state index is 5.84. The lowest BCUT2D eigenvalue weighted by atomic mass is 10.1. The van der Waals surface area contributed by atoms with Gasteiger partial charge in [0, 0.05) is 38.3 Å². The first-order valence-corrected chi connectivity index (χ1v) is 8.49. The summed E-state index contributed by atoms with van der Waals surface area (Å²) in [7, 11) is 0. The Balaban J connectivity index is 2.18. The van der Waals surface area contributed by atoms with Gasteiger partial charge in [-0.2, -0.15) is 0 Å². The van der Waals surface area contributed by atoms with Crippen LogP contribution in [-0.4, -0.2) is 73.4 Å². The number of nitrogens with one attached hydrogen (secondary N) is 1. The molecule has 0 aromatic heterocycles. The SMILES string of the molecule is CC(C)(C)NCCN1CCCN(CCOC(C)(C)C)CC1. The molecule has 0 radical (unpaired) electrons. The summed E-state index contributed by atoms with van der Waals surface area (Å²) < 4.78 is 5.84. The number of rotatable bonds is 6. The Morgan fingerprint density at radius 2 is 1.43 bits per heavy atom. The third kappa shape index (κ3) is 10.2. The summed E-state index contributed by atoms with van der Waals surface area (Å²) in [6.45, 7) is 22.0. The van der Waals surface area contributed by atoms with Crippen LogP contribution in [0, 0.1) is 0 Å². The zero-order valence-corrected chi connectivity index (χ0v) is 15.2. The van der Waals surface area contributed by atoms with Crippen LogP contribution in [0.3, 0.4) is 0 Å². The van der Waals surface area contributed by atoms with E-state index >= 15 is 0 Å². The van der Waals surface area contributed by atoms with Gasteiger partial charge in [-0.1, -0.05) is 0 Å². The number of hydrogen-bond donors (Lipinski definition) is 1. The Bertz CT molecular complexity index is 253. The van der Waals surface area contributed by atoms with E-state index in [1.165, 1.54) is 32.6 Å². The van der Waals surface area contributed by atoms with Crippen LogP contribution in [0.15, 0.2) is 0 Å². The molecule has 1 rings (SSSR count). The van der Waals surface area contributed by atoms with Gasteiger partial charge in [0.2, 0.25) is 0 Å². The average Bonchev–Trinajstić information content (AvgIpc) is 2.52. The third-order valence-electron chi connectivity index (χ3n) is 3.71. The third-order valence-corrected chi connectivity index (χ3v) is 3.71. The summed E-state index contributed by atoms with van der Waals surface area (Å²) in [4.78, 5) is 5.13. The van der Waals surface area contributed by atoms with Crippen LogP contribution in [0.2, 0.25) is 0 Å². The summed E-state index contributed by atoms with van der Waals surface area (Å²) in [5.41, 5.74) is 0.207. The minimum absolute atomic E-state index is 0.0174. The quantitative estimate of drug-likeness (QED) is 0.814. The van der Waals surface area contributed by atoms with E-state index in [0.717, 1.165) is 26.2 Å². The number of hydrogen-bond acceptors (Lipinski definition) is 4. The molecular formula is C17H37N3O. The van der Waals surface area contributed by atoms with Crippen molar-refractivity contribution in [1.82, 2.24) is 15.1 Å². The Kier molecular flexibility index (Phi) is 7.62. The summed E-state index contributed by atoms with van der Waals surface area (Å²) >= 11 is 0. The Morgan fingerprint density at radius 1 is 0.857 bits per heavy atom. The molecule has 0 aliphatic carbocycles. The van der Waals surface area contributed by atoms with Crippen molar-refractivity contribution in [2.75, 3.05) is 52.4 Å². The first kappa shape index (κ1) is 18.9. The maximum Gasteiger partial charge on any atom is 0.0600 e. The molecule has 0 spiro atoms. The highest BCUT2D eigenvalue weighted by Crippen LogP contribution is 2.08. The fourth-order valence-corrected chi connectivity index (χ4v) is 2.54. The highest BCUT2D eigenvalue weighted by molar-refractivity contribution is 4.74. The van der Waals surface area contributed by atoms with E-state index in [-0.39, 0.29) is 11.1 Å². The molecule has 4 nitrogen and oxygen atoms in total. The van der Waals surface area contributed by atoms with E-state index in [1.807, 2.05) is 0 Å². The van der Waals surface area contributed by atoms with Crippen LogP contribution in [0.1, 0.15) is 48.0 Å². The van der Waals surface area contributed by atoms with Crippen molar-refractivity contribution < 1.29 is 4.74 Å². The van der Waals surface area contributed by atoms with Crippen molar-refractivity contribution in [2.45, 2.75) is 59.1 Å². The van der Waals surface area contributed by atoms with Crippen LogP contribution in [-0.2, 0) is 4.74 Å². The summed E-state index contributed by atoms with van der Waals surface area (Å²) in [6, 6.07) is 0. The van der Waals surface area contributed by atoms with Gasteiger partial charge in [0.25, 0.3) is 0 Å². The van der Waals surface area contributed by atoms with Crippen LogP contribution in [0.5, 0.6) is 0 Å². The van der Waals surface area contributed by atoms with E-state index in [2.05, 4.69) is 56.7 Å². The predicted molar refractivity (Wildman–Crippen MR) is 91.0 cm³/mol. The highest BCUT2D eigenvalue weighted by Gasteiger charge is 2.16. The molecule has 1 aliphatic rings. The lowest BCUT2D eigenvalue weighted by Gasteiger charge is -2.26. The first-order valence-electron chi connectivity index (χ1n) is 8.49. The smallest absolute Gasteiger partial charge is 0.0600 e. The lowest BCUT2D eigenvalue weighted by Crippen LogP contribution is -2.42. The van der Waals surface area contributed by atoms with Gasteiger partial charge in [-0.3, -0.25) is 4.90 Å². The molecule has 1 heterocycles. The summed E-state index contributed by atoms with van der Waals surface area (Å²) in [5.74, 6) is 0. The van der Waals surface area contributed by atoms with E-state index in [4.69, 9.17) is 4.74 Å². The minimum Gasteiger partial charge on any atom is -0.375 e. The lowest BCUT2D eigenvalue weighted by molar-refractivity contribution is -0.0126. The molecular weight excluding hydrogens is 262 g/mol. The Labute approximate surface area is 132 Å². The monoisotopic (exact) mass is 299 g/mol. The van der Waals surface area contributed by atoms with Crippen LogP contribution < -0.4 is 5.32 Å². The Morgan fingerprint density at radius 3 is 1.95 bits per heavy atom. The van der Waals surface area contributed by atoms with E-state index in [1.54, 1.807) is 0 Å². The molecule has 0 atom stereocenters. The number of ether oxygens (including phenoxy) is 1. The van der Waals surface area contributed by atoms with Gasteiger partial charge < -0.3 is 15.0 Å². The molecule has 1 saturated heterocycles. The topological polar surface area (TPSA) is 27.7 Å². The van der Waals surface area contributed by atoms with Crippen molar-refractivity contribution in [3.63, 3.8) is 0 Å². The molecule has 0 aromatic carbocycles. The maximum atomic E-state index is 5.84. The molecule has 4 heteroatoms. The molecule has 1 fully saturated rings. The van der Waals surface area contributed by atoms with Crippen LogP contribution >= 0.6 is 0 Å². The van der Waals surface area contributed by atoms with Gasteiger partial charge in [-0.05, 0) is 61.1 Å². The molecule has 0 saturated carbocycles. The van der Waals surface area contributed by atoms with Crippen molar-refractivity contribution in [1.29, 1.82) is 0 Å². The normalized spacial score (nSPS) is 19.7. The second-order valence-electron chi connectivity index (χ2n) is 8.17. The molecule has 1 N–H and O–H groups in total. The molecule has 0 bridgehead atoms. The fraction of sp³-hybridized carbons (Fsp3) is 1.00. The molecule has 0 amide bonds. The van der Waals surface area contributed by atoms with Crippen molar-refractivity contribution in [3.8, 4) is 0 Å². The van der Waals surface area contributed by atoms with Crippen LogP contribution in [0.25, 0.3) is 0 Å². The second-order valence-corrected chi connectivity index (χ2v) is 8.17. The van der Waals surface area contributed by atoms with Crippen molar-refractivity contribution in [3.05, 3.63) is 0 Å². The zero-order chi connectivity index (χ0) is 15.9. The van der Waals surface area contributed by atoms with Gasteiger partial charge in [0.05, 0.1) is 12.2 Å². The van der Waals surface area contributed by atoms with E-state index in [0.29, 0.717) is 0 Å². The summed E-state index contributed by atoms with van der Waals surface area (Å²) in [6.07, 6.45) is 1.27.